The van der Waals surface area contributed by atoms with Crippen LogP contribution in [0.3, 0.4) is 0 Å². The highest BCUT2D eigenvalue weighted by atomic mass is 16.5. The molecule has 0 aliphatic heterocycles. The van der Waals surface area contributed by atoms with Crippen molar-refractivity contribution >= 4 is 0 Å². The molecule has 0 spiro atoms. The maximum absolute atomic E-state index is 5.85. The first-order valence-electron chi connectivity index (χ1n) is 7.67. The van der Waals surface area contributed by atoms with E-state index in [1.54, 1.807) is 7.11 Å². The van der Waals surface area contributed by atoms with Crippen molar-refractivity contribution in [3.8, 4) is 5.75 Å². The molecule has 1 aliphatic rings. The molecule has 0 saturated heterocycles. The Hall–Kier alpha value is -1.06. The lowest BCUT2D eigenvalue weighted by atomic mass is 9.72. The van der Waals surface area contributed by atoms with Crippen molar-refractivity contribution in [1.82, 2.24) is 5.43 Å². The van der Waals surface area contributed by atoms with Crippen LogP contribution < -0.4 is 16.0 Å². The number of nitrogens with two attached hydrogens (primary N) is 1. The summed E-state index contributed by atoms with van der Waals surface area (Å²) in [5, 5.41) is 0. The van der Waals surface area contributed by atoms with Gasteiger partial charge < -0.3 is 4.74 Å². The lowest BCUT2D eigenvalue weighted by molar-refractivity contribution is 0.171. The second-order valence-electron chi connectivity index (χ2n) is 6.40. The van der Waals surface area contributed by atoms with Crippen LogP contribution in [-0.2, 0) is 0 Å². The summed E-state index contributed by atoms with van der Waals surface area (Å²) in [4.78, 5) is 0. The van der Waals surface area contributed by atoms with Gasteiger partial charge in [0.1, 0.15) is 5.75 Å². The Labute approximate surface area is 122 Å². The molecule has 4 atom stereocenters. The highest BCUT2D eigenvalue weighted by Crippen LogP contribution is 2.40. The number of benzene rings is 1. The van der Waals surface area contributed by atoms with E-state index in [0.29, 0.717) is 5.92 Å². The zero-order chi connectivity index (χ0) is 14.7. The zero-order valence-electron chi connectivity index (χ0n) is 13.1. The molecule has 1 aromatic carbocycles. The van der Waals surface area contributed by atoms with E-state index >= 15 is 0 Å². The van der Waals surface area contributed by atoms with Crippen LogP contribution in [0.5, 0.6) is 5.75 Å². The number of hydrazine groups is 1. The van der Waals surface area contributed by atoms with Gasteiger partial charge in [0.05, 0.1) is 7.11 Å². The minimum absolute atomic E-state index is 0.222. The molecule has 3 heteroatoms. The lowest BCUT2D eigenvalue weighted by Crippen LogP contribution is -2.36. The van der Waals surface area contributed by atoms with Crippen molar-refractivity contribution in [2.45, 2.75) is 46.1 Å². The summed E-state index contributed by atoms with van der Waals surface area (Å²) in [5.74, 6) is 9.01. The summed E-state index contributed by atoms with van der Waals surface area (Å²) in [6.07, 6.45) is 3.79. The predicted molar refractivity (Wildman–Crippen MR) is 83.5 cm³/mol. The molecule has 1 aromatic rings. The van der Waals surface area contributed by atoms with Crippen molar-refractivity contribution in [2.24, 2.45) is 23.6 Å². The average molecular weight is 276 g/mol. The largest absolute Gasteiger partial charge is 0.496 e. The third-order valence-corrected chi connectivity index (χ3v) is 5.08. The summed E-state index contributed by atoms with van der Waals surface area (Å²) >= 11 is 0. The quantitative estimate of drug-likeness (QED) is 0.652. The second-order valence-corrected chi connectivity index (χ2v) is 6.40. The van der Waals surface area contributed by atoms with Crippen LogP contribution in [0.15, 0.2) is 18.2 Å². The van der Waals surface area contributed by atoms with E-state index in [1.807, 2.05) is 0 Å². The Kier molecular flexibility index (Phi) is 5.06. The van der Waals surface area contributed by atoms with Crippen LogP contribution in [0, 0.1) is 24.7 Å². The average Bonchev–Trinajstić information content (AvgIpc) is 2.45. The number of ether oxygens (including phenoxy) is 1. The van der Waals surface area contributed by atoms with Crippen LogP contribution in [0.4, 0.5) is 0 Å². The molecule has 2 rings (SSSR count). The minimum atomic E-state index is 0.222. The fourth-order valence-corrected chi connectivity index (χ4v) is 3.43. The van der Waals surface area contributed by atoms with Crippen molar-refractivity contribution in [1.29, 1.82) is 0 Å². The molecule has 3 N–H and O–H groups in total. The molecule has 1 fully saturated rings. The first kappa shape index (κ1) is 15.3. The van der Waals surface area contributed by atoms with Crippen LogP contribution in [0.2, 0.25) is 0 Å². The molecule has 1 saturated carbocycles. The highest BCUT2D eigenvalue weighted by Gasteiger charge is 2.30. The highest BCUT2D eigenvalue weighted by molar-refractivity contribution is 5.38. The van der Waals surface area contributed by atoms with Gasteiger partial charge in [0.25, 0.3) is 0 Å². The van der Waals surface area contributed by atoms with Gasteiger partial charge in [-0.1, -0.05) is 32.4 Å². The van der Waals surface area contributed by atoms with Crippen molar-refractivity contribution in [3.05, 3.63) is 29.3 Å². The predicted octanol–water partition coefficient (Wildman–Crippen LogP) is 3.58. The molecule has 1 aliphatic carbocycles. The summed E-state index contributed by atoms with van der Waals surface area (Å²) in [7, 11) is 1.72. The maximum atomic E-state index is 5.85. The molecule has 0 heterocycles. The second kappa shape index (κ2) is 6.59. The summed E-state index contributed by atoms with van der Waals surface area (Å²) in [5.41, 5.74) is 5.44. The monoisotopic (exact) mass is 276 g/mol. The van der Waals surface area contributed by atoms with Gasteiger partial charge >= 0.3 is 0 Å². The fourth-order valence-electron chi connectivity index (χ4n) is 3.43. The van der Waals surface area contributed by atoms with Gasteiger partial charge in [-0.05, 0) is 54.7 Å². The van der Waals surface area contributed by atoms with Gasteiger partial charge in [0, 0.05) is 6.04 Å². The van der Waals surface area contributed by atoms with Crippen molar-refractivity contribution < 1.29 is 4.74 Å². The Bertz CT molecular complexity index is 447. The Morgan fingerprint density at radius 1 is 1.25 bits per heavy atom. The van der Waals surface area contributed by atoms with Gasteiger partial charge in [-0.2, -0.15) is 0 Å². The molecule has 112 valence electrons. The summed E-state index contributed by atoms with van der Waals surface area (Å²) in [6, 6.07) is 6.64. The molecule has 0 radical (unpaired) electrons. The lowest BCUT2D eigenvalue weighted by Gasteiger charge is -2.36. The normalized spacial score (nSPS) is 28.1. The van der Waals surface area contributed by atoms with Gasteiger partial charge in [-0.3, -0.25) is 11.3 Å². The maximum Gasteiger partial charge on any atom is 0.122 e. The molecule has 0 bridgehead atoms. The number of hydrogen-bond acceptors (Lipinski definition) is 3. The SMILES string of the molecule is COc1cc(C(NN)C2CCC(C)C(C)C2)ccc1C. The minimum Gasteiger partial charge on any atom is -0.496 e. The molecule has 4 unspecified atom stereocenters. The molecule has 0 aromatic heterocycles. The molecular weight excluding hydrogens is 248 g/mol. The van der Waals surface area contributed by atoms with E-state index < -0.39 is 0 Å². The van der Waals surface area contributed by atoms with Crippen LogP contribution in [0.1, 0.15) is 50.3 Å². The fraction of sp³-hybridized carbons (Fsp3) is 0.647. The number of aryl methyl sites for hydroxylation is 1. The van der Waals surface area contributed by atoms with Gasteiger partial charge in [0.15, 0.2) is 0 Å². The van der Waals surface area contributed by atoms with Crippen LogP contribution >= 0.6 is 0 Å². The smallest absolute Gasteiger partial charge is 0.122 e. The number of methoxy groups -OCH3 is 1. The third-order valence-electron chi connectivity index (χ3n) is 5.08. The van der Waals surface area contributed by atoms with Crippen molar-refractivity contribution in [3.63, 3.8) is 0 Å². The Morgan fingerprint density at radius 3 is 2.60 bits per heavy atom. The Morgan fingerprint density at radius 2 is 2.00 bits per heavy atom. The molecule has 20 heavy (non-hydrogen) atoms. The van der Waals surface area contributed by atoms with Crippen LogP contribution in [0.25, 0.3) is 0 Å². The molecular formula is C17H28N2O. The van der Waals surface area contributed by atoms with Gasteiger partial charge in [-0.25, -0.2) is 0 Å². The zero-order valence-corrected chi connectivity index (χ0v) is 13.1. The first-order valence-corrected chi connectivity index (χ1v) is 7.67. The van der Waals surface area contributed by atoms with Crippen LogP contribution in [-0.4, -0.2) is 7.11 Å². The first-order chi connectivity index (χ1) is 9.56. The topological polar surface area (TPSA) is 47.3 Å². The number of nitrogens with one attached hydrogen (secondary N) is 1. The van der Waals surface area contributed by atoms with E-state index in [4.69, 9.17) is 10.6 Å². The van der Waals surface area contributed by atoms with E-state index in [9.17, 15) is 0 Å². The van der Waals surface area contributed by atoms with Gasteiger partial charge in [0.2, 0.25) is 0 Å². The van der Waals surface area contributed by atoms with Gasteiger partial charge in [-0.15, -0.1) is 0 Å². The Balaban J connectivity index is 2.19. The van der Waals surface area contributed by atoms with E-state index in [-0.39, 0.29) is 6.04 Å². The summed E-state index contributed by atoms with van der Waals surface area (Å²) in [6.45, 7) is 6.79. The van der Waals surface area contributed by atoms with E-state index in [1.165, 1.54) is 24.8 Å². The third kappa shape index (κ3) is 3.15. The standard InChI is InChI=1S/C17H28N2O/c1-11-5-7-14(9-13(11)3)17(19-18)15-8-6-12(2)16(10-15)20-4/h6,8,10-11,13-14,17,19H,5,7,9,18H2,1-4H3. The molecule has 3 nitrogen and oxygen atoms in total. The summed E-state index contributed by atoms with van der Waals surface area (Å²) < 4.78 is 5.44. The molecule has 0 amide bonds. The van der Waals surface area contributed by atoms with E-state index in [0.717, 1.165) is 23.1 Å². The number of rotatable bonds is 4. The number of hydrogen-bond donors (Lipinski definition) is 2. The van der Waals surface area contributed by atoms with Crippen molar-refractivity contribution in [2.75, 3.05) is 7.11 Å². The van der Waals surface area contributed by atoms with E-state index in [2.05, 4.69) is 44.4 Å².